The Balaban J connectivity index is 1.72. The first kappa shape index (κ1) is 11.8. The predicted molar refractivity (Wildman–Crippen MR) is 76.1 cm³/mol. The van der Waals surface area contributed by atoms with E-state index in [-0.39, 0.29) is 0 Å². The molecule has 0 fully saturated rings. The normalized spacial score (nSPS) is 11.2. The molecule has 7 heteroatoms. The monoisotopic (exact) mass is 316 g/mol. The third kappa shape index (κ3) is 2.76. The number of halogens is 1. The summed E-state index contributed by atoms with van der Waals surface area (Å²) < 4.78 is 2.62. The van der Waals surface area contributed by atoms with E-state index >= 15 is 0 Å². The number of aromatic nitrogens is 4. The molecular weight excluding hydrogens is 308 g/mol. The fraction of sp³-hybridized carbons (Fsp3) is 0. The Labute approximate surface area is 117 Å². The van der Waals surface area contributed by atoms with Gasteiger partial charge in [-0.1, -0.05) is 28.1 Å². The van der Waals surface area contributed by atoms with Crippen LogP contribution in [0.3, 0.4) is 0 Å². The molecule has 1 N–H and O–H groups in total. The number of nitrogens with one attached hydrogen (secondary N) is 1. The molecule has 0 radical (unpaired) electrons. The molecule has 0 unspecified atom stereocenters. The number of rotatable bonds is 3. The molecule has 6 nitrogen and oxygen atoms in total. The van der Waals surface area contributed by atoms with Gasteiger partial charge in [0.2, 0.25) is 0 Å². The third-order valence-electron chi connectivity index (χ3n) is 2.42. The number of hydrogen-bond acceptors (Lipinski definition) is 5. The van der Waals surface area contributed by atoms with Gasteiger partial charge < -0.3 is 0 Å². The Hall–Kier alpha value is -2.28. The van der Waals surface area contributed by atoms with Crippen molar-refractivity contribution in [1.82, 2.24) is 19.8 Å². The largest absolute Gasteiger partial charge is 0.260 e. The standard InChI is InChI=1S/C12H9BrN6/c13-10-3-1-9(2-4-10)7-14-16-11-5-6-12-17-15-8-19(12)18-11/h1-8H,(H,16,18). The summed E-state index contributed by atoms with van der Waals surface area (Å²) in [6.45, 7) is 0. The number of anilines is 1. The van der Waals surface area contributed by atoms with Gasteiger partial charge in [-0.05, 0) is 29.8 Å². The highest BCUT2D eigenvalue weighted by Gasteiger charge is 1.97. The van der Waals surface area contributed by atoms with Gasteiger partial charge in [0, 0.05) is 4.47 Å². The zero-order chi connectivity index (χ0) is 13.1. The van der Waals surface area contributed by atoms with Crippen molar-refractivity contribution in [3.63, 3.8) is 0 Å². The van der Waals surface area contributed by atoms with E-state index in [2.05, 4.69) is 41.8 Å². The molecule has 2 heterocycles. The average Bonchev–Trinajstić information content (AvgIpc) is 2.88. The van der Waals surface area contributed by atoms with Crippen molar-refractivity contribution in [1.29, 1.82) is 0 Å². The van der Waals surface area contributed by atoms with Gasteiger partial charge in [0.15, 0.2) is 11.5 Å². The van der Waals surface area contributed by atoms with E-state index in [1.54, 1.807) is 23.1 Å². The van der Waals surface area contributed by atoms with Crippen molar-refractivity contribution >= 4 is 33.6 Å². The predicted octanol–water partition coefficient (Wildman–Crippen LogP) is 2.33. The Morgan fingerprint density at radius 3 is 2.84 bits per heavy atom. The summed E-state index contributed by atoms with van der Waals surface area (Å²) in [5.41, 5.74) is 4.56. The molecule has 3 aromatic rings. The van der Waals surface area contributed by atoms with Crippen molar-refractivity contribution in [2.75, 3.05) is 5.43 Å². The van der Waals surface area contributed by atoms with Crippen LogP contribution in [0.1, 0.15) is 5.56 Å². The second-order valence-electron chi connectivity index (χ2n) is 3.77. The average molecular weight is 317 g/mol. The summed E-state index contributed by atoms with van der Waals surface area (Å²) in [6, 6.07) is 11.5. The first-order chi connectivity index (χ1) is 9.31. The van der Waals surface area contributed by atoms with E-state index in [0.717, 1.165) is 10.0 Å². The number of fused-ring (bicyclic) bond motifs is 1. The number of hydrazone groups is 1. The van der Waals surface area contributed by atoms with Crippen molar-refractivity contribution in [2.24, 2.45) is 5.10 Å². The summed E-state index contributed by atoms with van der Waals surface area (Å²) in [7, 11) is 0. The number of benzene rings is 1. The Kier molecular flexibility index (Phi) is 3.20. The lowest BCUT2D eigenvalue weighted by atomic mass is 10.2. The molecule has 0 amide bonds. The zero-order valence-corrected chi connectivity index (χ0v) is 11.3. The summed E-state index contributed by atoms with van der Waals surface area (Å²) in [4.78, 5) is 0. The Morgan fingerprint density at radius 1 is 1.16 bits per heavy atom. The SMILES string of the molecule is Brc1ccc(C=NNc2ccc3nncn3n2)cc1. The molecule has 1 aromatic carbocycles. The fourth-order valence-electron chi connectivity index (χ4n) is 1.51. The highest BCUT2D eigenvalue weighted by Crippen LogP contribution is 2.09. The summed E-state index contributed by atoms with van der Waals surface area (Å²) >= 11 is 3.38. The summed E-state index contributed by atoms with van der Waals surface area (Å²) in [5.74, 6) is 0.626. The topological polar surface area (TPSA) is 67.5 Å². The molecule has 0 aliphatic heterocycles. The van der Waals surface area contributed by atoms with E-state index in [1.165, 1.54) is 0 Å². The van der Waals surface area contributed by atoms with Crippen LogP contribution in [0.5, 0.6) is 0 Å². The van der Waals surface area contributed by atoms with Gasteiger partial charge in [0.25, 0.3) is 0 Å². The Bertz CT molecular complexity index is 718. The summed E-state index contributed by atoms with van der Waals surface area (Å²) in [5, 5.41) is 16.0. The minimum atomic E-state index is 0.626. The van der Waals surface area contributed by atoms with E-state index < -0.39 is 0 Å². The van der Waals surface area contributed by atoms with Crippen molar-refractivity contribution in [3.05, 3.63) is 52.8 Å². The maximum atomic E-state index is 4.24. The van der Waals surface area contributed by atoms with Crippen LogP contribution in [0.2, 0.25) is 0 Å². The van der Waals surface area contributed by atoms with E-state index in [4.69, 9.17) is 0 Å². The smallest absolute Gasteiger partial charge is 0.177 e. The molecule has 0 atom stereocenters. The molecule has 19 heavy (non-hydrogen) atoms. The second-order valence-corrected chi connectivity index (χ2v) is 4.69. The van der Waals surface area contributed by atoms with Gasteiger partial charge in [0.1, 0.15) is 6.33 Å². The second kappa shape index (κ2) is 5.15. The van der Waals surface area contributed by atoms with Crippen molar-refractivity contribution in [2.45, 2.75) is 0 Å². The highest BCUT2D eigenvalue weighted by atomic mass is 79.9. The van der Waals surface area contributed by atoms with E-state index in [9.17, 15) is 0 Å². The molecule has 0 aliphatic rings. The van der Waals surface area contributed by atoms with Gasteiger partial charge >= 0.3 is 0 Å². The van der Waals surface area contributed by atoms with E-state index in [1.807, 2.05) is 30.3 Å². The maximum absolute atomic E-state index is 4.24. The van der Waals surface area contributed by atoms with Crippen LogP contribution in [-0.2, 0) is 0 Å². The van der Waals surface area contributed by atoms with Gasteiger partial charge in [-0.25, -0.2) is 0 Å². The molecule has 0 aliphatic carbocycles. The van der Waals surface area contributed by atoms with Gasteiger partial charge in [-0.3, -0.25) is 5.43 Å². The molecule has 0 saturated carbocycles. The minimum absolute atomic E-state index is 0.626. The van der Waals surface area contributed by atoms with E-state index in [0.29, 0.717) is 11.5 Å². The Morgan fingerprint density at radius 2 is 2.00 bits per heavy atom. The van der Waals surface area contributed by atoms with Crippen LogP contribution in [-0.4, -0.2) is 26.0 Å². The van der Waals surface area contributed by atoms with Crippen LogP contribution < -0.4 is 5.43 Å². The highest BCUT2D eigenvalue weighted by molar-refractivity contribution is 9.10. The number of nitrogens with zero attached hydrogens (tertiary/aromatic N) is 5. The third-order valence-corrected chi connectivity index (χ3v) is 2.95. The lowest BCUT2D eigenvalue weighted by molar-refractivity contribution is 0.925. The first-order valence-electron chi connectivity index (χ1n) is 5.53. The van der Waals surface area contributed by atoms with Crippen LogP contribution in [0.25, 0.3) is 5.65 Å². The lowest BCUT2D eigenvalue weighted by Gasteiger charge is -1.99. The van der Waals surface area contributed by atoms with Crippen LogP contribution in [0, 0.1) is 0 Å². The first-order valence-corrected chi connectivity index (χ1v) is 6.32. The van der Waals surface area contributed by atoms with Gasteiger partial charge in [-0.2, -0.15) is 9.62 Å². The van der Waals surface area contributed by atoms with Gasteiger partial charge in [-0.15, -0.1) is 15.3 Å². The maximum Gasteiger partial charge on any atom is 0.177 e. The molecule has 0 spiro atoms. The van der Waals surface area contributed by atoms with Crippen LogP contribution >= 0.6 is 15.9 Å². The molecule has 0 saturated heterocycles. The van der Waals surface area contributed by atoms with Crippen LogP contribution in [0.4, 0.5) is 5.82 Å². The molecule has 3 rings (SSSR count). The molecular formula is C12H9BrN6. The summed E-state index contributed by atoms with van der Waals surface area (Å²) in [6.07, 6.45) is 3.27. The van der Waals surface area contributed by atoms with Crippen LogP contribution in [0.15, 0.2) is 52.3 Å². The molecule has 94 valence electrons. The lowest BCUT2D eigenvalue weighted by Crippen LogP contribution is -1.98. The molecule has 0 bridgehead atoms. The van der Waals surface area contributed by atoms with Gasteiger partial charge in [0.05, 0.1) is 6.21 Å². The molecule has 2 aromatic heterocycles. The zero-order valence-electron chi connectivity index (χ0n) is 9.73. The number of hydrogen-bond donors (Lipinski definition) is 1. The minimum Gasteiger partial charge on any atom is -0.260 e. The fourth-order valence-corrected chi connectivity index (χ4v) is 1.77. The van der Waals surface area contributed by atoms with Crippen molar-refractivity contribution in [3.8, 4) is 0 Å². The quantitative estimate of drug-likeness (QED) is 0.595. The van der Waals surface area contributed by atoms with Crippen molar-refractivity contribution < 1.29 is 0 Å².